The molecule has 2 fully saturated rings. The second-order valence-corrected chi connectivity index (χ2v) is 6.08. The molecule has 2 aliphatic rings. The second kappa shape index (κ2) is 5.65. The molecule has 6 atom stereocenters. The molecular formula is C13H26N4O. The molecule has 0 radical (unpaired) electrons. The fourth-order valence-electron chi connectivity index (χ4n) is 3.31. The summed E-state index contributed by atoms with van der Waals surface area (Å²) in [5, 5.41) is 0. The molecule has 6 unspecified atom stereocenters. The van der Waals surface area contributed by atoms with Gasteiger partial charge in [0.25, 0.3) is 0 Å². The number of carbonyl (C=O) groups is 1. The van der Waals surface area contributed by atoms with Gasteiger partial charge in [-0.1, -0.05) is 0 Å². The highest BCUT2D eigenvalue weighted by Gasteiger charge is 2.36. The van der Waals surface area contributed by atoms with E-state index < -0.39 is 0 Å². The van der Waals surface area contributed by atoms with Crippen molar-refractivity contribution in [3.05, 3.63) is 0 Å². The maximum absolute atomic E-state index is 12.5. The summed E-state index contributed by atoms with van der Waals surface area (Å²) in [5.41, 5.74) is 23.7. The predicted octanol–water partition coefficient (Wildman–Crippen LogP) is -0.535. The number of rotatable bonds is 2. The average molecular weight is 254 g/mol. The first-order chi connectivity index (χ1) is 8.49. The monoisotopic (exact) mass is 254 g/mol. The van der Waals surface area contributed by atoms with Crippen molar-refractivity contribution in [2.24, 2.45) is 34.8 Å². The molecule has 2 aliphatic carbocycles. The summed E-state index contributed by atoms with van der Waals surface area (Å²) in [6.45, 7) is 0. The Bertz CT molecular complexity index is 281. The normalized spacial score (nSPS) is 45.8. The van der Waals surface area contributed by atoms with Gasteiger partial charge in [-0.25, -0.2) is 0 Å². The van der Waals surface area contributed by atoms with E-state index in [1.165, 1.54) is 0 Å². The standard InChI is InChI=1S/C13H26N4O/c14-9-3-1-7(5-11(9)16)13(18)8-2-4-10(15)12(17)6-8/h7-12H,1-6,14-17H2. The number of hydrogen-bond acceptors (Lipinski definition) is 5. The molecule has 0 spiro atoms. The molecule has 0 aliphatic heterocycles. The van der Waals surface area contributed by atoms with Crippen LogP contribution in [0.1, 0.15) is 38.5 Å². The summed E-state index contributed by atoms with van der Waals surface area (Å²) in [6.07, 6.45) is 4.94. The summed E-state index contributed by atoms with van der Waals surface area (Å²) < 4.78 is 0. The third-order valence-corrected chi connectivity index (χ3v) is 4.71. The number of nitrogens with two attached hydrogens (primary N) is 4. The first-order valence-corrected chi connectivity index (χ1v) is 7.05. The Balaban J connectivity index is 1.91. The van der Waals surface area contributed by atoms with Crippen LogP contribution in [0.15, 0.2) is 0 Å². The molecule has 0 amide bonds. The summed E-state index contributed by atoms with van der Waals surface area (Å²) in [7, 11) is 0. The minimum Gasteiger partial charge on any atom is -0.326 e. The van der Waals surface area contributed by atoms with Gasteiger partial charge in [0, 0.05) is 36.0 Å². The van der Waals surface area contributed by atoms with E-state index >= 15 is 0 Å². The van der Waals surface area contributed by atoms with Gasteiger partial charge in [0.2, 0.25) is 0 Å². The van der Waals surface area contributed by atoms with Gasteiger partial charge in [-0.05, 0) is 38.5 Å². The number of ketones is 1. The Kier molecular flexibility index (Phi) is 4.37. The maximum atomic E-state index is 12.5. The van der Waals surface area contributed by atoms with Gasteiger partial charge in [0.1, 0.15) is 5.78 Å². The van der Waals surface area contributed by atoms with E-state index in [1.54, 1.807) is 0 Å². The summed E-state index contributed by atoms with van der Waals surface area (Å²) in [6, 6.07) is 0.0339. The van der Waals surface area contributed by atoms with Gasteiger partial charge in [-0.3, -0.25) is 4.79 Å². The van der Waals surface area contributed by atoms with Crippen LogP contribution in [0, 0.1) is 11.8 Å². The van der Waals surface area contributed by atoms with Crippen LogP contribution in [0.25, 0.3) is 0 Å². The Morgan fingerprint density at radius 1 is 0.667 bits per heavy atom. The predicted molar refractivity (Wildman–Crippen MR) is 71.6 cm³/mol. The number of Topliss-reactive ketones (excluding diaryl/α,β-unsaturated/α-hetero) is 1. The molecule has 0 bridgehead atoms. The lowest BCUT2D eigenvalue weighted by Crippen LogP contribution is -2.50. The van der Waals surface area contributed by atoms with Crippen molar-refractivity contribution >= 4 is 5.78 Å². The molecule has 0 saturated heterocycles. The third-order valence-electron chi connectivity index (χ3n) is 4.71. The first kappa shape index (κ1) is 13.9. The molecule has 5 heteroatoms. The molecule has 2 saturated carbocycles. The molecule has 0 aromatic heterocycles. The van der Waals surface area contributed by atoms with Crippen LogP contribution in [-0.2, 0) is 4.79 Å². The van der Waals surface area contributed by atoms with Crippen molar-refractivity contribution < 1.29 is 4.79 Å². The Morgan fingerprint density at radius 3 is 1.39 bits per heavy atom. The lowest BCUT2D eigenvalue weighted by Gasteiger charge is -2.36. The Morgan fingerprint density at radius 2 is 1.06 bits per heavy atom. The van der Waals surface area contributed by atoms with Crippen LogP contribution in [0.3, 0.4) is 0 Å². The second-order valence-electron chi connectivity index (χ2n) is 6.08. The van der Waals surface area contributed by atoms with Gasteiger partial charge in [0.15, 0.2) is 0 Å². The zero-order chi connectivity index (χ0) is 13.3. The highest BCUT2D eigenvalue weighted by atomic mass is 16.1. The van der Waals surface area contributed by atoms with E-state index in [0.29, 0.717) is 5.78 Å². The van der Waals surface area contributed by atoms with Crippen LogP contribution in [0.5, 0.6) is 0 Å². The van der Waals surface area contributed by atoms with Crippen molar-refractivity contribution in [3.63, 3.8) is 0 Å². The zero-order valence-electron chi connectivity index (χ0n) is 10.9. The van der Waals surface area contributed by atoms with E-state index in [0.717, 1.165) is 38.5 Å². The molecular weight excluding hydrogens is 228 g/mol. The zero-order valence-corrected chi connectivity index (χ0v) is 10.9. The van der Waals surface area contributed by atoms with Crippen LogP contribution < -0.4 is 22.9 Å². The number of carbonyl (C=O) groups excluding carboxylic acids is 1. The largest absolute Gasteiger partial charge is 0.326 e. The van der Waals surface area contributed by atoms with Crippen molar-refractivity contribution in [2.45, 2.75) is 62.7 Å². The van der Waals surface area contributed by atoms with Crippen molar-refractivity contribution in [2.75, 3.05) is 0 Å². The van der Waals surface area contributed by atoms with Crippen LogP contribution in [0.2, 0.25) is 0 Å². The lowest BCUT2D eigenvalue weighted by molar-refractivity contribution is -0.129. The van der Waals surface area contributed by atoms with Crippen LogP contribution in [-0.4, -0.2) is 30.0 Å². The van der Waals surface area contributed by atoms with Gasteiger partial charge in [0.05, 0.1) is 0 Å². The molecule has 104 valence electrons. The highest BCUT2D eigenvalue weighted by molar-refractivity contribution is 5.83. The maximum Gasteiger partial charge on any atom is 0.139 e. The van der Waals surface area contributed by atoms with Crippen molar-refractivity contribution in [3.8, 4) is 0 Å². The van der Waals surface area contributed by atoms with Crippen molar-refractivity contribution in [1.82, 2.24) is 0 Å². The first-order valence-electron chi connectivity index (χ1n) is 7.05. The fourth-order valence-corrected chi connectivity index (χ4v) is 3.31. The quantitative estimate of drug-likeness (QED) is 0.527. The average Bonchev–Trinajstić information content (AvgIpc) is 2.35. The highest BCUT2D eigenvalue weighted by Crippen LogP contribution is 2.31. The summed E-state index contributed by atoms with van der Waals surface area (Å²) in [5.74, 6) is 0.525. The van der Waals surface area contributed by atoms with Crippen LogP contribution in [0.4, 0.5) is 0 Å². The molecule has 5 nitrogen and oxygen atoms in total. The topological polar surface area (TPSA) is 121 Å². The molecule has 8 N–H and O–H groups in total. The third kappa shape index (κ3) is 2.91. The SMILES string of the molecule is NC1CCC(C(=O)C2CCC(N)C(N)C2)CC1N. The van der Waals surface area contributed by atoms with Crippen molar-refractivity contribution in [1.29, 1.82) is 0 Å². The smallest absolute Gasteiger partial charge is 0.139 e. The summed E-state index contributed by atoms with van der Waals surface area (Å²) in [4.78, 5) is 12.5. The molecule has 2 rings (SSSR count). The Labute approximate surface area is 109 Å². The number of hydrogen-bond donors (Lipinski definition) is 4. The van der Waals surface area contributed by atoms with E-state index in [4.69, 9.17) is 22.9 Å². The minimum atomic E-state index is -0.0350. The van der Waals surface area contributed by atoms with E-state index in [9.17, 15) is 4.79 Å². The molecule has 0 heterocycles. The van der Waals surface area contributed by atoms with Gasteiger partial charge < -0.3 is 22.9 Å². The minimum absolute atomic E-state index is 0.0350. The van der Waals surface area contributed by atoms with Crippen LogP contribution >= 0.6 is 0 Å². The molecule has 0 aromatic rings. The molecule has 18 heavy (non-hydrogen) atoms. The van der Waals surface area contributed by atoms with Gasteiger partial charge in [-0.2, -0.15) is 0 Å². The Hall–Kier alpha value is -0.490. The summed E-state index contributed by atoms with van der Waals surface area (Å²) >= 11 is 0. The lowest BCUT2D eigenvalue weighted by atomic mass is 9.72. The van der Waals surface area contributed by atoms with E-state index in [1.807, 2.05) is 0 Å². The molecule has 0 aromatic carbocycles. The van der Waals surface area contributed by atoms with E-state index in [2.05, 4.69) is 0 Å². The van der Waals surface area contributed by atoms with E-state index in [-0.39, 0.29) is 36.0 Å². The van der Waals surface area contributed by atoms with Gasteiger partial charge in [-0.15, -0.1) is 0 Å². The fraction of sp³-hybridized carbons (Fsp3) is 0.923. The van der Waals surface area contributed by atoms with Gasteiger partial charge >= 0.3 is 0 Å².